The van der Waals surface area contributed by atoms with Gasteiger partial charge in [0.2, 0.25) is 5.91 Å². The molecule has 5 heteroatoms. The number of hydrogen-bond acceptors (Lipinski definition) is 4. The number of benzene rings is 1. The van der Waals surface area contributed by atoms with Crippen molar-refractivity contribution in [1.82, 2.24) is 4.90 Å². The van der Waals surface area contributed by atoms with E-state index in [0.717, 1.165) is 43.8 Å². The summed E-state index contributed by atoms with van der Waals surface area (Å²) in [5, 5.41) is 2.17. The molecule has 0 N–H and O–H groups in total. The number of anilines is 1. The first kappa shape index (κ1) is 16.6. The molecule has 0 saturated carbocycles. The van der Waals surface area contributed by atoms with Crippen LogP contribution in [0.3, 0.4) is 0 Å². The minimum atomic E-state index is 0.205. The molecule has 0 fully saturated rings. The van der Waals surface area contributed by atoms with E-state index in [1.54, 1.807) is 7.11 Å². The Kier molecular flexibility index (Phi) is 4.52. The molecular weight excluding hydrogens is 332 g/mol. The van der Waals surface area contributed by atoms with Crippen LogP contribution in [-0.4, -0.2) is 37.6 Å². The average molecular weight is 356 g/mol. The van der Waals surface area contributed by atoms with Gasteiger partial charge >= 0.3 is 0 Å². The van der Waals surface area contributed by atoms with Crippen LogP contribution in [0.4, 0.5) is 5.69 Å². The summed E-state index contributed by atoms with van der Waals surface area (Å²) < 4.78 is 5.33. The number of fused-ring (bicyclic) bond motifs is 2. The Morgan fingerprint density at radius 3 is 3.00 bits per heavy atom. The molecule has 1 amide bonds. The van der Waals surface area contributed by atoms with E-state index >= 15 is 0 Å². The van der Waals surface area contributed by atoms with Gasteiger partial charge in [-0.25, -0.2) is 0 Å². The number of ether oxygens (including phenoxy) is 1. The summed E-state index contributed by atoms with van der Waals surface area (Å²) in [6.45, 7) is 4.47. The van der Waals surface area contributed by atoms with Gasteiger partial charge in [0.25, 0.3) is 0 Å². The van der Waals surface area contributed by atoms with Crippen LogP contribution in [0.5, 0.6) is 5.75 Å². The molecule has 0 aliphatic carbocycles. The lowest BCUT2D eigenvalue weighted by Crippen LogP contribution is -2.45. The van der Waals surface area contributed by atoms with Gasteiger partial charge in [0.1, 0.15) is 5.75 Å². The van der Waals surface area contributed by atoms with E-state index in [0.29, 0.717) is 12.6 Å². The molecule has 4 nitrogen and oxygen atoms in total. The van der Waals surface area contributed by atoms with Crippen LogP contribution in [0.1, 0.15) is 35.4 Å². The van der Waals surface area contributed by atoms with Crippen LogP contribution >= 0.6 is 11.3 Å². The van der Waals surface area contributed by atoms with Crippen molar-refractivity contribution in [1.29, 1.82) is 0 Å². The Morgan fingerprint density at radius 1 is 1.28 bits per heavy atom. The van der Waals surface area contributed by atoms with Crippen LogP contribution < -0.4 is 9.64 Å². The molecule has 2 aliphatic heterocycles. The van der Waals surface area contributed by atoms with Crippen LogP contribution in [0.15, 0.2) is 29.6 Å². The van der Waals surface area contributed by atoms with Gasteiger partial charge in [-0.1, -0.05) is 0 Å². The van der Waals surface area contributed by atoms with Crippen molar-refractivity contribution >= 4 is 22.9 Å². The van der Waals surface area contributed by atoms with Crippen molar-refractivity contribution in [2.75, 3.05) is 31.6 Å². The molecule has 0 radical (unpaired) electrons. The Balaban J connectivity index is 1.51. The minimum absolute atomic E-state index is 0.205. The van der Waals surface area contributed by atoms with E-state index < -0.39 is 0 Å². The van der Waals surface area contributed by atoms with E-state index in [1.807, 2.05) is 28.4 Å². The number of nitrogens with zero attached hydrogens (tertiary/aromatic N) is 2. The van der Waals surface area contributed by atoms with Gasteiger partial charge in [-0.2, -0.15) is 0 Å². The number of rotatable bonds is 3. The lowest BCUT2D eigenvalue weighted by atomic mass is 10.00. The molecule has 0 unspecified atom stereocenters. The molecule has 2 aliphatic rings. The van der Waals surface area contributed by atoms with E-state index in [9.17, 15) is 4.79 Å². The molecule has 1 aromatic carbocycles. The fraction of sp³-hybridized carbons (Fsp3) is 0.450. The smallest absolute Gasteiger partial charge is 0.241 e. The van der Waals surface area contributed by atoms with Gasteiger partial charge in [-0.15, -0.1) is 11.3 Å². The third kappa shape index (κ3) is 3.07. The van der Waals surface area contributed by atoms with Gasteiger partial charge in [0, 0.05) is 29.7 Å². The summed E-state index contributed by atoms with van der Waals surface area (Å²) in [6, 6.07) is 8.58. The quantitative estimate of drug-likeness (QED) is 0.841. The van der Waals surface area contributed by atoms with E-state index in [1.165, 1.54) is 16.0 Å². The Morgan fingerprint density at radius 2 is 2.16 bits per heavy atom. The van der Waals surface area contributed by atoms with Crippen LogP contribution in [-0.2, 0) is 17.6 Å². The van der Waals surface area contributed by atoms with Crippen LogP contribution in [0.25, 0.3) is 0 Å². The summed E-state index contributed by atoms with van der Waals surface area (Å²) in [5.41, 5.74) is 3.66. The summed E-state index contributed by atoms with van der Waals surface area (Å²) in [4.78, 5) is 18.8. The van der Waals surface area contributed by atoms with Gasteiger partial charge in [0.15, 0.2) is 0 Å². The molecule has 3 heterocycles. The summed E-state index contributed by atoms with van der Waals surface area (Å²) in [6.07, 6.45) is 3.07. The highest BCUT2D eigenvalue weighted by Gasteiger charge is 2.29. The zero-order valence-electron chi connectivity index (χ0n) is 14.8. The molecule has 1 aromatic heterocycles. The largest absolute Gasteiger partial charge is 0.497 e. The third-order valence-electron chi connectivity index (χ3n) is 5.45. The van der Waals surface area contributed by atoms with Gasteiger partial charge < -0.3 is 9.64 Å². The maximum Gasteiger partial charge on any atom is 0.241 e. The number of hydrogen-bond donors (Lipinski definition) is 0. The van der Waals surface area contributed by atoms with Crippen LogP contribution in [0.2, 0.25) is 0 Å². The summed E-state index contributed by atoms with van der Waals surface area (Å²) >= 11 is 1.84. The SMILES string of the molecule is COc1ccc2c(c1)CCCN2C(=O)CN1CCc2sccc2[C@H]1C. The maximum absolute atomic E-state index is 13.0. The molecule has 4 rings (SSSR count). The first-order chi connectivity index (χ1) is 12.2. The minimum Gasteiger partial charge on any atom is -0.497 e. The van der Waals surface area contributed by atoms with E-state index in [2.05, 4.69) is 29.3 Å². The number of carbonyl (C=O) groups is 1. The topological polar surface area (TPSA) is 32.8 Å². The van der Waals surface area contributed by atoms with Crippen molar-refractivity contribution in [2.24, 2.45) is 0 Å². The summed E-state index contributed by atoms with van der Waals surface area (Å²) in [7, 11) is 1.68. The molecular formula is C20H24N2O2S. The fourth-order valence-electron chi connectivity index (χ4n) is 4.00. The second-order valence-electron chi connectivity index (χ2n) is 6.84. The van der Waals surface area contributed by atoms with Gasteiger partial charge in [-0.05, 0) is 67.0 Å². The lowest BCUT2D eigenvalue weighted by Gasteiger charge is -2.36. The second kappa shape index (κ2) is 6.81. The standard InChI is InChI=1S/C20H24N2O2S/c1-14-17-8-11-25-19(17)7-10-21(14)13-20(23)22-9-3-4-15-12-16(24-2)5-6-18(15)22/h5-6,8,11-12,14H,3-4,7,9-10,13H2,1-2H3/t14-/m1/s1. The number of methoxy groups -OCH3 is 1. The Bertz CT molecular complexity index is 786. The molecule has 25 heavy (non-hydrogen) atoms. The lowest BCUT2D eigenvalue weighted by molar-refractivity contribution is -0.120. The van der Waals surface area contributed by atoms with Crippen molar-refractivity contribution in [3.8, 4) is 5.75 Å². The first-order valence-electron chi connectivity index (χ1n) is 8.95. The number of thiophene rings is 1. The van der Waals surface area contributed by atoms with Crippen molar-refractivity contribution in [3.05, 3.63) is 45.6 Å². The molecule has 0 bridgehead atoms. The van der Waals surface area contributed by atoms with Gasteiger partial charge in [-0.3, -0.25) is 9.69 Å². The highest BCUT2D eigenvalue weighted by molar-refractivity contribution is 7.10. The number of aryl methyl sites for hydroxylation is 1. The fourth-order valence-corrected chi connectivity index (χ4v) is 4.96. The average Bonchev–Trinajstić information content (AvgIpc) is 3.12. The Hall–Kier alpha value is -1.85. The highest BCUT2D eigenvalue weighted by Crippen LogP contribution is 2.34. The van der Waals surface area contributed by atoms with Crippen LogP contribution in [0, 0.1) is 0 Å². The van der Waals surface area contributed by atoms with Gasteiger partial charge in [0.05, 0.1) is 13.7 Å². The predicted molar refractivity (Wildman–Crippen MR) is 102 cm³/mol. The molecule has 132 valence electrons. The number of carbonyl (C=O) groups excluding carboxylic acids is 1. The second-order valence-corrected chi connectivity index (χ2v) is 7.84. The van der Waals surface area contributed by atoms with E-state index in [-0.39, 0.29) is 5.91 Å². The molecule has 0 spiro atoms. The molecule has 0 saturated heterocycles. The van der Waals surface area contributed by atoms with Crippen molar-refractivity contribution < 1.29 is 9.53 Å². The zero-order valence-corrected chi connectivity index (χ0v) is 15.6. The van der Waals surface area contributed by atoms with Crippen molar-refractivity contribution in [3.63, 3.8) is 0 Å². The van der Waals surface area contributed by atoms with Crippen molar-refractivity contribution in [2.45, 2.75) is 32.2 Å². The molecule has 2 aromatic rings. The summed E-state index contributed by atoms with van der Waals surface area (Å²) in [5.74, 6) is 1.07. The normalized spacial score (nSPS) is 20.1. The molecule has 1 atom stereocenters. The monoisotopic (exact) mass is 356 g/mol. The predicted octanol–water partition coefficient (Wildman–Crippen LogP) is 3.66. The maximum atomic E-state index is 13.0. The third-order valence-corrected chi connectivity index (χ3v) is 6.44. The highest BCUT2D eigenvalue weighted by atomic mass is 32.1. The first-order valence-corrected chi connectivity index (χ1v) is 9.83. The van der Waals surface area contributed by atoms with E-state index in [4.69, 9.17) is 4.74 Å². The Labute approximate surface area is 153 Å². The number of amides is 1. The zero-order chi connectivity index (χ0) is 17.4.